The Hall–Kier alpha value is -1.36. The molecule has 2 nitrogen and oxygen atoms in total. The molecule has 0 saturated carbocycles. The molecule has 0 unspecified atom stereocenters. The summed E-state index contributed by atoms with van der Waals surface area (Å²) in [5, 5.41) is 6.25. The van der Waals surface area contributed by atoms with Crippen molar-refractivity contribution in [2.45, 2.75) is 19.8 Å². The monoisotopic (exact) mass is 255 g/mol. The fourth-order valence-corrected chi connectivity index (χ4v) is 0.680. The second-order valence-corrected chi connectivity index (χ2v) is 2.21. The van der Waals surface area contributed by atoms with Gasteiger partial charge in [0.05, 0.1) is 0 Å². The van der Waals surface area contributed by atoms with Gasteiger partial charge in [-0.1, -0.05) is 0 Å². The number of nitrogens with zero attached hydrogens (tertiary/aromatic N) is 1. The van der Waals surface area contributed by atoms with Gasteiger partial charge in [-0.15, -0.1) is 12.8 Å². The van der Waals surface area contributed by atoms with Crippen LogP contribution in [-0.2, 0) is 21.9 Å². The molecule has 0 heterocycles. The molecule has 3 heteroatoms. The van der Waals surface area contributed by atoms with Crippen LogP contribution in [0, 0.1) is 24.0 Å². The quantitative estimate of drug-likeness (QED) is 0.493. The Labute approximate surface area is 109 Å². The van der Waals surface area contributed by atoms with Gasteiger partial charge in [-0.05, 0) is 0 Å². The number of hydrogen-bond donors (Lipinski definition) is 0. The normalized spacial score (nSPS) is 11.9. The first-order valence-corrected chi connectivity index (χ1v) is 4.36. The number of carbonyl (C=O) groups excluding carboxylic acids is 1. The van der Waals surface area contributed by atoms with Gasteiger partial charge in [0, 0.05) is 0 Å². The molecule has 0 N–H and O–H groups in total. The summed E-state index contributed by atoms with van der Waals surface area (Å²) in [6.45, 7) is 6.07. The molecule has 0 amide bonds. The maximum Gasteiger partial charge on any atom is 4.00 e. The van der Waals surface area contributed by atoms with Crippen molar-refractivity contribution in [2.24, 2.45) is 0 Å². The molecule has 0 saturated heterocycles. The average Bonchev–Trinajstić information content (AvgIpc) is 3.01. The van der Waals surface area contributed by atoms with E-state index < -0.39 is 0 Å². The SMILES string of the molecule is C[C-]=O.[C-]#N.[C-]1=CC=CC1.[C-]1=CC=CC1.[Fe+4]. The summed E-state index contributed by atoms with van der Waals surface area (Å²) in [5.74, 6) is 0. The Morgan fingerprint density at radius 1 is 1.12 bits per heavy atom. The summed E-state index contributed by atoms with van der Waals surface area (Å²) in [7, 11) is 0. The smallest absolute Gasteiger partial charge is 0.542 e. The van der Waals surface area contributed by atoms with E-state index in [0.29, 0.717) is 0 Å². The Balaban J connectivity index is -0.000000147. The minimum Gasteiger partial charge on any atom is -0.542 e. The fourth-order valence-electron chi connectivity index (χ4n) is 0.680. The zero-order chi connectivity index (χ0) is 11.8. The van der Waals surface area contributed by atoms with Crippen molar-refractivity contribution in [2.75, 3.05) is 0 Å². The van der Waals surface area contributed by atoms with Crippen molar-refractivity contribution in [3.05, 3.63) is 55.2 Å². The molecule has 2 aliphatic rings. The van der Waals surface area contributed by atoms with Crippen molar-refractivity contribution < 1.29 is 21.9 Å². The third-order valence-electron chi connectivity index (χ3n) is 1.17. The largest absolute Gasteiger partial charge is 4.00 e. The minimum absolute atomic E-state index is 0. The van der Waals surface area contributed by atoms with Crippen LogP contribution in [0.5, 0.6) is 0 Å². The number of hydrogen-bond acceptors (Lipinski definition) is 2. The van der Waals surface area contributed by atoms with Crippen molar-refractivity contribution in [3.63, 3.8) is 0 Å². The fraction of sp³-hybridized carbons (Fsp3) is 0.231. The molecular formula is C13H13FeNO. The van der Waals surface area contributed by atoms with E-state index in [9.17, 15) is 0 Å². The first-order chi connectivity index (χ1) is 7.41. The standard InChI is InChI=1S/2C5H5.C2H3O.CN.Fe/c2*1-2-4-5-3-1;1-2-3;1-2;/h2*1-3H,4H2;1H3;;/q4*-1;+4. The van der Waals surface area contributed by atoms with Crippen LogP contribution < -0.4 is 0 Å². The average molecular weight is 255 g/mol. The van der Waals surface area contributed by atoms with Gasteiger partial charge < -0.3 is 16.6 Å². The Morgan fingerprint density at radius 3 is 1.50 bits per heavy atom. The predicted octanol–water partition coefficient (Wildman–Crippen LogP) is 2.82. The van der Waals surface area contributed by atoms with Crippen molar-refractivity contribution in [1.29, 1.82) is 5.26 Å². The molecule has 0 aromatic rings. The van der Waals surface area contributed by atoms with E-state index in [1.165, 1.54) is 13.2 Å². The maximum absolute atomic E-state index is 8.68. The minimum atomic E-state index is 0. The van der Waals surface area contributed by atoms with Crippen LogP contribution in [-0.4, -0.2) is 6.29 Å². The van der Waals surface area contributed by atoms with Gasteiger partial charge in [-0.2, -0.15) is 19.1 Å². The van der Waals surface area contributed by atoms with E-state index >= 15 is 0 Å². The van der Waals surface area contributed by atoms with Gasteiger partial charge in [0.1, 0.15) is 0 Å². The first-order valence-electron chi connectivity index (χ1n) is 4.36. The second kappa shape index (κ2) is 23.5. The Kier molecular flexibility index (Phi) is 29.5. The molecule has 16 heavy (non-hydrogen) atoms. The summed E-state index contributed by atoms with van der Waals surface area (Å²) >= 11 is 0. The van der Waals surface area contributed by atoms with Crippen LogP contribution in [0.1, 0.15) is 19.8 Å². The topological polar surface area (TPSA) is 40.9 Å². The van der Waals surface area contributed by atoms with Gasteiger partial charge in [0.15, 0.2) is 0 Å². The molecule has 2 rings (SSSR count). The van der Waals surface area contributed by atoms with Gasteiger partial charge in [0.25, 0.3) is 0 Å². The zero-order valence-corrected chi connectivity index (χ0v) is 10.2. The molecule has 0 radical (unpaired) electrons. The van der Waals surface area contributed by atoms with Gasteiger partial charge in [0.2, 0.25) is 0 Å². The van der Waals surface area contributed by atoms with Crippen LogP contribution in [0.3, 0.4) is 0 Å². The molecule has 0 fully saturated rings. The van der Waals surface area contributed by atoms with Crippen molar-refractivity contribution in [1.82, 2.24) is 0 Å². The van der Waals surface area contributed by atoms with Crippen molar-refractivity contribution >= 4 is 6.29 Å². The molecule has 2 aliphatic carbocycles. The maximum atomic E-state index is 8.68. The molecule has 84 valence electrons. The molecule has 0 aromatic heterocycles. The van der Waals surface area contributed by atoms with E-state index in [1.54, 1.807) is 0 Å². The summed E-state index contributed by atoms with van der Waals surface area (Å²) in [4.78, 5) is 8.68. The van der Waals surface area contributed by atoms with E-state index in [2.05, 4.69) is 24.3 Å². The van der Waals surface area contributed by atoms with E-state index in [4.69, 9.17) is 16.6 Å². The Morgan fingerprint density at radius 2 is 1.44 bits per heavy atom. The summed E-state index contributed by atoms with van der Waals surface area (Å²) in [5.41, 5.74) is 0. The van der Waals surface area contributed by atoms with Crippen LogP contribution in [0.15, 0.2) is 36.5 Å². The number of allylic oxidation sites excluding steroid dienone is 8. The van der Waals surface area contributed by atoms with Crippen LogP contribution in [0.4, 0.5) is 0 Å². The third-order valence-corrected chi connectivity index (χ3v) is 1.17. The number of rotatable bonds is 0. The molecule has 0 aromatic carbocycles. The van der Waals surface area contributed by atoms with Crippen LogP contribution >= 0.6 is 0 Å². The van der Waals surface area contributed by atoms with Gasteiger partial charge >= 0.3 is 17.1 Å². The van der Waals surface area contributed by atoms with E-state index in [-0.39, 0.29) is 17.1 Å². The van der Waals surface area contributed by atoms with E-state index in [1.807, 2.05) is 24.3 Å². The van der Waals surface area contributed by atoms with Crippen molar-refractivity contribution in [3.8, 4) is 0 Å². The van der Waals surface area contributed by atoms with Crippen LogP contribution in [0.2, 0.25) is 0 Å². The summed E-state index contributed by atoms with van der Waals surface area (Å²) in [6, 6.07) is 0. The molecule has 0 atom stereocenters. The molecule has 0 bridgehead atoms. The Bertz CT molecular complexity index is 220. The van der Waals surface area contributed by atoms with Gasteiger partial charge in [-0.3, -0.25) is 18.4 Å². The summed E-state index contributed by atoms with van der Waals surface area (Å²) in [6.07, 6.45) is 21.5. The molecule has 0 spiro atoms. The zero-order valence-electron chi connectivity index (χ0n) is 9.09. The first kappa shape index (κ1) is 20.1. The molecule has 0 aliphatic heterocycles. The van der Waals surface area contributed by atoms with E-state index in [0.717, 1.165) is 12.8 Å². The predicted molar refractivity (Wildman–Crippen MR) is 59.5 cm³/mol. The third kappa shape index (κ3) is 22.9. The molecular weight excluding hydrogens is 242 g/mol. The van der Waals surface area contributed by atoms with Crippen LogP contribution in [0.25, 0.3) is 0 Å². The second-order valence-electron chi connectivity index (χ2n) is 2.21. The summed E-state index contributed by atoms with van der Waals surface area (Å²) < 4.78 is 0. The van der Waals surface area contributed by atoms with Gasteiger partial charge in [-0.25, -0.2) is 24.3 Å².